The number of hydrogen-bond donors (Lipinski definition) is 1. The first-order valence-corrected chi connectivity index (χ1v) is 7.54. The highest BCUT2D eigenvalue weighted by atomic mass is 19.2. The van der Waals surface area contributed by atoms with Crippen molar-refractivity contribution in [3.05, 3.63) is 58.7 Å². The van der Waals surface area contributed by atoms with Gasteiger partial charge in [0.05, 0.1) is 14.2 Å². The Kier molecular flexibility index (Phi) is 4.48. The van der Waals surface area contributed by atoms with Gasteiger partial charge in [-0.05, 0) is 60.3 Å². The summed E-state index contributed by atoms with van der Waals surface area (Å²) in [4.78, 5) is 0. The Morgan fingerprint density at radius 2 is 1.78 bits per heavy atom. The molecule has 1 aliphatic rings. The summed E-state index contributed by atoms with van der Waals surface area (Å²) in [5, 5.41) is 3.43. The number of nitrogens with one attached hydrogen (secondary N) is 1. The third-order valence-corrected chi connectivity index (χ3v) is 4.23. The van der Waals surface area contributed by atoms with Gasteiger partial charge in [-0.25, -0.2) is 8.78 Å². The lowest BCUT2D eigenvalue weighted by Gasteiger charge is -2.28. The zero-order valence-corrected chi connectivity index (χ0v) is 13.2. The maximum atomic E-state index is 13.4. The summed E-state index contributed by atoms with van der Waals surface area (Å²) in [6, 6.07) is 8.03. The monoisotopic (exact) mass is 319 g/mol. The second-order valence-electron chi connectivity index (χ2n) is 5.62. The number of halogens is 2. The Hall–Kier alpha value is -2.14. The van der Waals surface area contributed by atoms with Gasteiger partial charge < -0.3 is 14.8 Å². The molecule has 2 aromatic rings. The molecule has 0 fully saturated rings. The molecular weight excluding hydrogens is 300 g/mol. The molecule has 1 N–H and O–H groups in total. The van der Waals surface area contributed by atoms with E-state index in [1.54, 1.807) is 20.3 Å². The van der Waals surface area contributed by atoms with Crippen LogP contribution in [0.1, 0.15) is 22.7 Å². The van der Waals surface area contributed by atoms with Gasteiger partial charge in [0.25, 0.3) is 0 Å². The van der Waals surface area contributed by atoms with Gasteiger partial charge in [0.15, 0.2) is 23.1 Å². The summed E-state index contributed by atoms with van der Waals surface area (Å²) in [5.41, 5.74) is 3.05. The minimum Gasteiger partial charge on any atom is -0.493 e. The van der Waals surface area contributed by atoms with Crippen LogP contribution in [0.2, 0.25) is 0 Å². The third-order valence-electron chi connectivity index (χ3n) is 4.23. The second kappa shape index (κ2) is 6.54. The minimum absolute atomic E-state index is 0.0309. The average molecular weight is 319 g/mol. The van der Waals surface area contributed by atoms with Crippen molar-refractivity contribution in [1.29, 1.82) is 0 Å². The van der Waals surface area contributed by atoms with Crippen LogP contribution in [0, 0.1) is 11.6 Å². The van der Waals surface area contributed by atoms with Crippen LogP contribution in [-0.4, -0.2) is 20.8 Å². The van der Waals surface area contributed by atoms with Crippen molar-refractivity contribution in [3.63, 3.8) is 0 Å². The lowest BCUT2D eigenvalue weighted by atomic mass is 9.90. The second-order valence-corrected chi connectivity index (χ2v) is 5.62. The Balaban J connectivity index is 1.92. The van der Waals surface area contributed by atoms with Crippen molar-refractivity contribution in [2.75, 3.05) is 20.8 Å². The van der Waals surface area contributed by atoms with Gasteiger partial charge in [0, 0.05) is 6.04 Å². The van der Waals surface area contributed by atoms with E-state index in [0.717, 1.165) is 24.1 Å². The highest BCUT2D eigenvalue weighted by Crippen LogP contribution is 2.36. The summed E-state index contributed by atoms with van der Waals surface area (Å²) in [6.07, 6.45) is 1.48. The van der Waals surface area contributed by atoms with Gasteiger partial charge in [0.2, 0.25) is 0 Å². The highest BCUT2D eigenvalue weighted by molar-refractivity contribution is 5.49. The molecule has 122 valence electrons. The lowest BCUT2D eigenvalue weighted by molar-refractivity contribution is 0.352. The standard InChI is InChI=1S/C18H19F2NO2/c1-22-17-9-12-5-6-21-16(13(12)10-18(17)23-2)8-11-3-4-14(19)15(20)7-11/h3-4,7,9-10,16,21H,5-6,8H2,1-2H3. The van der Waals surface area contributed by atoms with Crippen molar-refractivity contribution >= 4 is 0 Å². The Morgan fingerprint density at radius 3 is 2.48 bits per heavy atom. The van der Waals surface area contributed by atoms with E-state index in [1.807, 2.05) is 12.1 Å². The van der Waals surface area contributed by atoms with Crippen LogP contribution in [0.5, 0.6) is 11.5 Å². The number of rotatable bonds is 4. The van der Waals surface area contributed by atoms with Crippen molar-refractivity contribution < 1.29 is 18.3 Å². The van der Waals surface area contributed by atoms with Gasteiger partial charge in [-0.1, -0.05) is 6.07 Å². The minimum atomic E-state index is -0.822. The third kappa shape index (κ3) is 3.15. The summed E-state index contributed by atoms with van der Waals surface area (Å²) in [6.45, 7) is 0.830. The quantitative estimate of drug-likeness (QED) is 0.937. The number of hydrogen-bond acceptors (Lipinski definition) is 3. The SMILES string of the molecule is COc1cc2c(cc1OC)C(Cc1ccc(F)c(F)c1)NCC2. The highest BCUT2D eigenvalue weighted by Gasteiger charge is 2.23. The van der Waals surface area contributed by atoms with Crippen LogP contribution < -0.4 is 14.8 Å². The molecule has 0 radical (unpaired) electrons. The predicted molar refractivity (Wildman–Crippen MR) is 84.1 cm³/mol. The van der Waals surface area contributed by atoms with Crippen molar-refractivity contribution in [1.82, 2.24) is 5.32 Å². The van der Waals surface area contributed by atoms with E-state index in [1.165, 1.54) is 17.7 Å². The van der Waals surface area contributed by atoms with E-state index in [-0.39, 0.29) is 6.04 Å². The Morgan fingerprint density at radius 1 is 1.04 bits per heavy atom. The largest absolute Gasteiger partial charge is 0.493 e. The van der Waals surface area contributed by atoms with E-state index >= 15 is 0 Å². The summed E-state index contributed by atoms with van der Waals surface area (Å²) in [7, 11) is 3.22. The molecule has 0 bridgehead atoms. The Labute approximate surface area is 134 Å². The number of benzene rings is 2. The van der Waals surface area contributed by atoms with Crippen LogP contribution in [0.3, 0.4) is 0 Å². The number of ether oxygens (including phenoxy) is 2. The maximum absolute atomic E-state index is 13.4. The number of fused-ring (bicyclic) bond motifs is 1. The fourth-order valence-electron chi connectivity index (χ4n) is 3.05. The van der Waals surface area contributed by atoms with E-state index in [2.05, 4.69) is 5.32 Å². The van der Waals surface area contributed by atoms with E-state index in [9.17, 15) is 8.78 Å². The average Bonchev–Trinajstić information content (AvgIpc) is 2.57. The number of methoxy groups -OCH3 is 2. The first kappa shape index (κ1) is 15.7. The molecule has 3 rings (SSSR count). The van der Waals surface area contributed by atoms with Crippen molar-refractivity contribution in [2.24, 2.45) is 0 Å². The van der Waals surface area contributed by atoms with Crippen LogP contribution in [0.25, 0.3) is 0 Å². The van der Waals surface area contributed by atoms with E-state index in [0.29, 0.717) is 17.9 Å². The van der Waals surface area contributed by atoms with Crippen molar-refractivity contribution in [2.45, 2.75) is 18.9 Å². The molecule has 0 spiro atoms. The summed E-state index contributed by atoms with van der Waals surface area (Å²) in [5.74, 6) is -0.257. The van der Waals surface area contributed by atoms with Gasteiger partial charge in [0.1, 0.15) is 0 Å². The van der Waals surface area contributed by atoms with Crippen LogP contribution in [0.15, 0.2) is 30.3 Å². The molecule has 0 saturated heterocycles. The molecule has 0 aliphatic carbocycles. The van der Waals surface area contributed by atoms with Crippen molar-refractivity contribution in [3.8, 4) is 11.5 Å². The van der Waals surface area contributed by atoms with Crippen LogP contribution in [-0.2, 0) is 12.8 Å². The van der Waals surface area contributed by atoms with E-state index < -0.39 is 11.6 Å². The smallest absolute Gasteiger partial charge is 0.161 e. The van der Waals surface area contributed by atoms with E-state index in [4.69, 9.17) is 9.47 Å². The molecule has 5 heteroatoms. The Bertz CT molecular complexity index is 718. The normalized spacial score (nSPS) is 16.8. The molecule has 0 amide bonds. The first-order valence-electron chi connectivity index (χ1n) is 7.54. The summed E-state index contributed by atoms with van der Waals surface area (Å²) < 4.78 is 37.2. The van der Waals surface area contributed by atoms with Gasteiger partial charge in [-0.3, -0.25) is 0 Å². The zero-order chi connectivity index (χ0) is 16.4. The van der Waals surface area contributed by atoms with Crippen LogP contribution >= 0.6 is 0 Å². The molecule has 2 aromatic carbocycles. The predicted octanol–water partition coefficient (Wildman–Crippen LogP) is 3.41. The molecule has 0 aromatic heterocycles. The molecule has 1 heterocycles. The molecule has 3 nitrogen and oxygen atoms in total. The fourth-order valence-corrected chi connectivity index (χ4v) is 3.05. The maximum Gasteiger partial charge on any atom is 0.161 e. The van der Waals surface area contributed by atoms with Gasteiger partial charge >= 0.3 is 0 Å². The molecular formula is C18H19F2NO2. The van der Waals surface area contributed by atoms with Gasteiger partial charge in [-0.2, -0.15) is 0 Å². The molecule has 1 unspecified atom stereocenters. The first-order chi connectivity index (χ1) is 11.1. The van der Waals surface area contributed by atoms with Gasteiger partial charge in [-0.15, -0.1) is 0 Å². The topological polar surface area (TPSA) is 30.5 Å². The summed E-state index contributed by atoms with van der Waals surface area (Å²) >= 11 is 0. The molecule has 23 heavy (non-hydrogen) atoms. The van der Waals surface area contributed by atoms with Crippen LogP contribution in [0.4, 0.5) is 8.78 Å². The molecule has 0 saturated carbocycles. The zero-order valence-electron chi connectivity index (χ0n) is 13.2. The fraction of sp³-hybridized carbons (Fsp3) is 0.333. The lowest BCUT2D eigenvalue weighted by Crippen LogP contribution is -2.31. The molecule has 1 aliphatic heterocycles. The molecule has 1 atom stereocenters.